The second-order valence-corrected chi connectivity index (χ2v) is 9.16. The van der Waals surface area contributed by atoms with Gasteiger partial charge in [0, 0.05) is 6.04 Å². The van der Waals surface area contributed by atoms with Gasteiger partial charge in [-0.2, -0.15) is 5.10 Å². The first-order chi connectivity index (χ1) is 13.4. The normalized spacial score (nSPS) is 16.8. The Morgan fingerprint density at radius 2 is 1.75 bits per heavy atom. The van der Waals surface area contributed by atoms with E-state index in [1.54, 1.807) is 11.6 Å². The van der Waals surface area contributed by atoms with Crippen LogP contribution in [-0.4, -0.2) is 18.2 Å². The molecule has 0 aliphatic heterocycles. The Morgan fingerprint density at radius 3 is 2.50 bits per heavy atom. The number of aromatic nitrogens is 2. The van der Waals surface area contributed by atoms with Gasteiger partial charge in [-0.05, 0) is 63.3 Å². The van der Waals surface area contributed by atoms with E-state index < -0.39 is 10.0 Å². The molecule has 6 heteroatoms. The Morgan fingerprint density at radius 1 is 1.04 bits per heavy atom. The van der Waals surface area contributed by atoms with Gasteiger partial charge in [-0.1, -0.05) is 42.0 Å². The maximum absolute atomic E-state index is 13.3. The van der Waals surface area contributed by atoms with E-state index in [1.165, 1.54) is 5.56 Å². The van der Waals surface area contributed by atoms with Crippen LogP contribution in [0.4, 0.5) is 0 Å². The van der Waals surface area contributed by atoms with Crippen LogP contribution in [0.25, 0.3) is 5.69 Å². The zero-order chi connectivity index (χ0) is 19.9. The third-order valence-electron chi connectivity index (χ3n) is 5.44. The van der Waals surface area contributed by atoms with Crippen molar-refractivity contribution in [2.45, 2.75) is 51.0 Å². The van der Waals surface area contributed by atoms with E-state index in [2.05, 4.69) is 15.9 Å². The summed E-state index contributed by atoms with van der Waals surface area (Å²) < 4.78 is 31.2. The number of hydrogen-bond donors (Lipinski definition) is 1. The molecule has 0 bridgehead atoms. The van der Waals surface area contributed by atoms with Gasteiger partial charge in [-0.15, -0.1) is 0 Å². The van der Waals surface area contributed by atoms with E-state index in [4.69, 9.17) is 0 Å². The molecule has 2 aromatic carbocycles. The molecular formula is C22H25N3O2S. The van der Waals surface area contributed by atoms with Crippen molar-refractivity contribution in [3.05, 3.63) is 76.6 Å². The fourth-order valence-corrected chi connectivity index (χ4v) is 5.72. The average molecular weight is 396 g/mol. The van der Waals surface area contributed by atoms with Gasteiger partial charge >= 0.3 is 0 Å². The van der Waals surface area contributed by atoms with E-state index >= 15 is 0 Å². The largest absolute Gasteiger partial charge is 0.244 e. The van der Waals surface area contributed by atoms with Crippen molar-refractivity contribution in [2.75, 3.05) is 0 Å². The quantitative estimate of drug-likeness (QED) is 0.722. The summed E-state index contributed by atoms with van der Waals surface area (Å²) in [5, 5.41) is 4.51. The topological polar surface area (TPSA) is 64.0 Å². The van der Waals surface area contributed by atoms with E-state index in [0.717, 1.165) is 36.1 Å². The highest BCUT2D eigenvalue weighted by molar-refractivity contribution is 7.89. The van der Waals surface area contributed by atoms with Crippen LogP contribution in [0, 0.1) is 20.8 Å². The first-order valence-corrected chi connectivity index (χ1v) is 11.1. The van der Waals surface area contributed by atoms with E-state index in [0.29, 0.717) is 11.4 Å². The SMILES string of the molecule is Cc1ccc(-n2nc(C)c(S(=O)(=O)NC3CCCc4ccccc43)c2C)cc1. The van der Waals surface area contributed by atoms with Crippen LogP contribution in [0.3, 0.4) is 0 Å². The third kappa shape index (κ3) is 3.38. The molecule has 0 saturated carbocycles. The van der Waals surface area contributed by atoms with E-state index in [9.17, 15) is 8.42 Å². The molecule has 0 radical (unpaired) electrons. The molecule has 146 valence electrons. The predicted octanol–water partition coefficient (Wildman–Crippen LogP) is 4.15. The lowest BCUT2D eigenvalue weighted by Gasteiger charge is -2.26. The van der Waals surface area contributed by atoms with Crippen molar-refractivity contribution >= 4 is 10.0 Å². The lowest BCUT2D eigenvalue weighted by atomic mass is 9.88. The van der Waals surface area contributed by atoms with Gasteiger partial charge < -0.3 is 0 Å². The highest BCUT2D eigenvalue weighted by atomic mass is 32.2. The summed E-state index contributed by atoms with van der Waals surface area (Å²) in [6, 6.07) is 15.8. The highest BCUT2D eigenvalue weighted by Crippen LogP contribution is 2.32. The molecule has 0 spiro atoms. The van der Waals surface area contributed by atoms with Gasteiger partial charge in [0.25, 0.3) is 0 Å². The Labute approximate surface area is 166 Å². The maximum atomic E-state index is 13.3. The van der Waals surface area contributed by atoms with Crippen molar-refractivity contribution in [3.63, 3.8) is 0 Å². The first kappa shape index (κ1) is 18.9. The second-order valence-electron chi connectivity index (χ2n) is 7.51. The van der Waals surface area contributed by atoms with Crippen molar-refractivity contribution in [3.8, 4) is 5.69 Å². The Hall–Kier alpha value is -2.44. The smallest absolute Gasteiger partial charge is 0.236 e. The average Bonchev–Trinajstić information content (AvgIpc) is 2.97. The lowest BCUT2D eigenvalue weighted by molar-refractivity contribution is 0.507. The fraction of sp³-hybridized carbons (Fsp3) is 0.318. The number of nitrogens with zero attached hydrogens (tertiary/aromatic N) is 2. The summed E-state index contributed by atoms with van der Waals surface area (Å²) in [6.07, 6.45) is 2.78. The molecule has 1 aliphatic rings. The van der Waals surface area contributed by atoms with Crippen LogP contribution in [-0.2, 0) is 16.4 Å². The lowest BCUT2D eigenvalue weighted by Crippen LogP contribution is -2.31. The van der Waals surface area contributed by atoms with Gasteiger partial charge in [-0.25, -0.2) is 17.8 Å². The number of rotatable bonds is 4. The first-order valence-electron chi connectivity index (χ1n) is 9.60. The zero-order valence-corrected chi connectivity index (χ0v) is 17.3. The van der Waals surface area contributed by atoms with Crippen LogP contribution in [0.1, 0.15) is 47.0 Å². The van der Waals surface area contributed by atoms with Gasteiger partial charge in [0.1, 0.15) is 4.90 Å². The molecule has 1 unspecified atom stereocenters. The molecule has 0 saturated heterocycles. The third-order valence-corrected chi connectivity index (χ3v) is 7.16. The molecule has 5 nitrogen and oxygen atoms in total. The summed E-state index contributed by atoms with van der Waals surface area (Å²) in [5.41, 5.74) is 5.45. The molecule has 1 aromatic heterocycles. The molecule has 1 heterocycles. The Bertz CT molecular complexity index is 1120. The summed E-state index contributed by atoms with van der Waals surface area (Å²) in [4.78, 5) is 0.274. The molecule has 28 heavy (non-hydrogen) atoms. The summed E-state index contributed by atoms with van der Waals surface area (Å²) in [6.45, 7) is 5.58. The molecule has 0 fully saturated rings. The molecule has 1 N–H and O–H groups in total. The molecule has 1 atom stereocenters. The van der Waals surface area contributed by atoms with Crippen LogP contribution < -0.4 is 4.72 Å². The van der Waals surface area contributed by atoms with Crippen molar-refractivity contribution in [1.29, 1.82) is 0 Å². The molecule has 0 amide bonds. The monoisotopic (exact) mass is 395 g/mol. The number of hydrogen-bond acceptors (Lipinski definition) is 3. The van der Waals surface area contributed by atoms with Gasteiger partial charge in [-0.3, -0.25) is 0 Å². The Balaban J connectivity index is 1.70. The highest BCUT2D eigenvalue weighted by Gasteiger charge is 2.30. The number of benzene rings is 2. The Kier molecular flexibility index (Phi) is 4.85. The van der Waals surface area contributed by atoms with Crippen LogP contribution >= 0.6 is 0 Å². The number of nitrogens with one attached hydrogen (secondary N) is 1. The predicted molar refractivity (Wildman–Crippen MR) is 110 cm³/mol. The molecule has 1 aliphatic carbocycles. The van der Waals surface area contributed by atoms with E-state index in [-0.39, 0.29) is 10.9 Å². The van der Waals surface area contributed by atoms with Crippen LogP contribution in [0.15, 0.2) is 53.4 Å². The number of aryl methyl sites for hydroxylation is 3. The minimum atomic E-state index is -3.69. The second kappa shape index (κ2) is 7.18. The van der Waals surface area contributed by atoms with Gasteiger partial charge in [0.15, 0.2) is 0 Å². The standard InChI is InChI=1S/C22H25N3O2S/c1-15-11-13-19(14-12-15)25-17(3)22(16(2)23-25)28(26,27)24-21-10-6-8-18-7-4-5-9-20(18)21/h4-5,7,9,11-14,21,24H,6,8,10H2,1-3H3. The zero-order valence-electron chi connectivity index (χ0n) is 16.4. The van der Waals surface area contributed by atoms with Crippen LogP contribution in [0.5, 0.6) is 0 Å². The number of fused-ring (bicyclic) bond motifs is 1. The van der Waals surface area contributed by atoms with Gasteiger partial charge in [0.2, 0.25) is 10.0 Å². The fourth-order valence-electron chi connectivity index (χ4n) is 4.08. The minimum Gasteiger partial charge on any atom is -0.236 e. The summed E-state index contributed by atoms with van der Waals surface area (Å²) in [7, 11) is -3.69. The van der Waals surface area contributed by atoms with Crippen molar-refractivity contribution < 1.29 is 8.42 Å². The summed E-state index contributed by atoms with van der Waals surface area (Å²) >= 11 is 0. The summed E-state index contributed by atoms with van der Waals surface area (Å²) in [5.74, 6) is 0. The van der Waals surface area contributed by atoms with Gasteiger partial charge in [0.05, 0.1) is 17.1 Å². The maximum Gasteiger partial charge on any atom is 0.244 e. The number of sulfonamides is 1. The molecule has 4 rings (SSSR count). The molecule has 3 aromatic rings. The van der Waals surface area contributed by atoms with Crippen LogP contribution in [0.2, 0.25) is 0 Å². The van der Waals surface area contributed by atoms with E-state index in [1.807, 2.05) is 56.3 Å². The molecular weight excluding hydrogens is 370 g/mol. The van der Waals surface area contributed by atoms with Crippen molar-refractivity contribution in [2.24, 2.45) is 0 Å². The minimum absolute atomic E-state index is 0.198. The van der Waals surface area contributed by atoms with Crippen molar-refractivity contribution in [1.82, 2.24) is 14.5 Å².